The van der Waals surface area contributed by atoms with E-state index in [1.807, 2.05) is 27.7 Å². The van der Waals surface area contributed by atoms with Crippen molar-refractivity contribution in [2.75, 3.05) is 20.2 Å². The number of fused-ring (bicyclic) bond motifs is 1. The summed E-state index contributed by atoms with van der Waals surface area (Å²) in [4.78, 5) is 41.6. The minimum absolute atomic E-state index is 0.0455. The van der Waals surface area contributed by atoms with E-state index in [1.54, 1.807) is 7.05 Å². The molecule has 3 saturated heterocycles. The number of ether oxygens (including phenoxy) is 1. The summed E-state index contributed by atoms with van der Waals surface area (Å²) in [5.74, 6) is -2.09. The predicted octanol–water partition coefficient (Wildman–Crippen LogP) is 0.820. The van der Waals surface area contributed by atoms with Gasteiger partial charge in [0.2, 0.25) is 17.7 Å². The summed E-state index contributed by atoms with van der Waals surface area (Å²) in [5, 5.41) is 15.8. The number of hydrogen-bond acceptors (Lipinski definition) is 5. The van der Waals surface area contributed by atoms with Crippen molar-refractivity contribution < 1.29 is 24.2 Å². The molecule has 0 aromatic rings. The maximum atomic E-state index is 13.8. The van der Waals surface area contributed by atoms with E-state index in [9.17, 15) is 19.5 Å². The Labute approximate surface area is 179 Å². The Kier molecular flexibility index (Phi) is 6.49. The van der Waals surface area contributed by atoms with Crippen LogP contribution in [0.1, 0.15) is 59.8 Å². The summed E-state index contributed by atoms with van der Waals surface area (Å²) < 4.78 is 6.61. The molecule has 0 aliphatic carbocycles. The number of rotatable bonds is 9. The number of unbranched alkanes of at least 4 members (excludes halogenated alkanes) is 1. The zero-order valence-electron chi connectivity index (χ0n) is 18.9. The highest BCUT2D eigenvalue weighted by atomic mass is 16.5. The van der Waals surface area contributed by atoms with E-state index in [2.05, 4.69) is 10.6 Å². The Morgan fingerprint density at radius 1 is 1.27 bits per heavy atom. The maximum absolute atomic E-state index is 13.8. The maximum Gasteiger partial charge on any atom is 0.245 e. The van der Waals surface area contributed by atoms with Crippen LogP contribution in [0.5, 0.6) is 0 Å². The van der Waals surface area contributed by atoms with Gasteiger partial charge in [-0.2, -0.15) is 0 Å². The van der Waals surface area contributed by atoms with Gasteiger partial charge in [-0.25, -0.2) is 0 Å². The van der Waals surface area contributed by atoms with Crippen molar-refractivity contribution in [3.63, 3.8) is 0 Å². The first-order chi connectivity index (χ1) is 14.2. The van der Waals surface area contributed by atoms with Crippen LogP contribution in [0.2, 0.25) is 0 Å². The lowest BCUT2D eigenvalue weighted by atomic mass is 9.65. The van der Waals surface area contributed by atoms with Crippen molar-refractivity contribution in [2.24, 2.45) is 17.8 Å². The van der Waals surface area contributed by atoms with E-state index < -0.39 is 35.1 Å². The molecule has 8 nitrogen and oxygen atoms in total. The van der Waals surface area contributed by atoms with Crippen molar-refractivity contribution in [3.8, 4) is 0 Å². The highest BCUT2D eigenvalue weighted by molar-refractivity contribution is 5.99. The van der Waals surface area contributed by atoms with Gasteiger partial charge in [-0.15, -0.1) is 0 Å². The lowest BCUT2D eigenvalue weighted by Crippen LogP contribution is -2.59. The van der Waals surface area contributed by atoms with Crippen molar-refractivity contribution in [1.29, 1.82) is 0 Å². The third-order valence-electron chi connectivity index (χ3n) is 7.54. The summed E-state index contributed by atoms with van der Waals surface area (Å²) >= 11 is 0. The Morgan fingerprint density at radius 2 is 1.97 bits per heavy atom. The third-order valence-corrected chi connectivity index (χ3v) is 7.54. The van der Waals surface area contributed by atoms with Crippen molar-refractivity contribution in [3.05, 3.63) is 0 Å². The fraction of sp³-hybridized carbons (Fsp3) is 0.864. The summed E-state index contributed by atoms with van der Waals surface area (Å²) in [6, 6.07) is -1.35. The molecule has 0 radical (unpaired) electrons. The zero-order chi connectivity index (χ0) is 22.3. The number of nitrogens with one attached hydrogen (secondary N) is 2. The summed E-state index contributed by atoms with van der Waals surface area (Å²) in [6.07, 6.45) is 3.60. The zero-order valence-corrected chi connectivity index (χ0v) is 18.9. The molecule has 0 aromatic heterocycles. The van der Waals surface area contributed by atoms with E-state index >= 15 is 0 Å². The van der Waals surface area contributed by atoms with E-state index in [-0.39, 0.29) is 30.2 Å². The van der Waals surface area contributed by atoms with Crippen LogP contribution >= 0.6 is 0 Å². The SMILES string of the molecule is CCCCNC(=O)C1N([C@@H](CO)C(C)C)C(=O)[C@@H]2[C@@H](C(=O)NC)[C@@]3(CC)CCC12O3. The highest BCUT2D eigenvalue weighted by Gasteiger charge is 2.79. The Bertz CT molecular complexity index is 698. The average Bonchev–Trinajstić information content (AvgIpc) is 3.32. The molecule has 6 atom stereocenters. The molecule has 0 aromatic carbocycles. The second-order valence-corrected chi connectivity index (χ2v) is 9.33. The van der Waals surface area contributed by atoms with Crippen LogP contribution in [0.3, 0.4) is 0 Å². The normalized spacial score (nSPS) is 35.6. The Morgan fingerprint density at radius 3 is 2.50 bits per heavy atom. The summed E-state index contributed by atoms with van der Waals surface area (Å²) in [6.45, 7) is 8.15. The largest absolute Gasteiger partial charge is 0.394 e. The lowest BCUT2D eigenvalue weighted by molar-refractivity contribution is -0.152. The minimum atomic E-state index is -1.02. The van der Waals surface area contributed by atoms with E-state index in [4.69, 9.17) is 4.74 Å². The molecule has 3 amide bonds. The molecular formula is C22H37N3O5. The van der Waals surface area contributed by atoms with Gasteiger partial charge in [-0.3, -0.25) is 14.4 Å². The van der Waals surface area contributed by atoms with Crippen LogP contribution in [0, 0.1) is 17.8 Å². The van der Waals surface area contributed by atoms with Gasteiger partial charge in [0.25, 0.3) is 0 Å². The number of aliphatic hydroxyl groups excluding tert-OH is 1. The predicted molar refractivity (Wildman–Crippen MR) is 111 cm³/mol. The Hall–Kier alpha value is -1.67. The van der Waals surface area contributed by atoms with Gasteiger partial charge in [0.15, 0.2) is 0 Å². The number of aliphatic hydroxyl groups is 1. The van der Waals surface area contributed by atoms with Gasteiger partial charge in [-0.05, 0) is 31.6 Å². The minimum Gasteiger partial charge on any atom is -0.394 e. The van der Waals surface area contributed by atoms with E-state index in [1.165, 1.54) is 4.90 Å². The first-order valence-electron chi connectivity index (χ1n) is 11.4. The van der Waals surface area contributed by atoms with Crippen LogP contribution in [-0.2, 0) is 19.1 Å². The second-order valence-electron chi connectivity index (χ2n) is 9.33. The second kappa shape index (κ2) is 8.46. The monoisotopic (exact) mass is 423 g/mol. The molecule has 3 N–H and O–H groups in total. The Balaban J connectivity index is 2.08. The van der Waals surface area contributed by atoms with E-state index in [0.717, 1.165) is 12.8 Å². The smallest absolute Gasteiger partial charge is 0.245 e. The topological polar surface area (TPSA) is 108 Å². The molecule has 3 rings (SSSR count). The van der Waals surface area contributed by atoms with E-state index in [0.29, 0.717) is 25.8 Å². The first kappa shape index (κ1) is 23.0. The van der Waals surface area contributed by atoms with Crippen LogP contribution in [0.15, 0.2) is 0 Å². The fourth-order valence-corrected chi connectivity index (χ4v) is 5.97. The molecule has 3 aliphatic rings. The number of carbonyl (C=O) groups is 3. The van der Waals surface area contributed by atoms with Gasteiger partial charge >= 0.3 is 0 Å². The van der Waals surface area contributed by atoms with Crippen LogP contribution in [-0.4, -0.2) is 71.2 Å². The molecule has 3 heterocycles. The summed E-state index contributed by atoms with van der Waals surface area (Å²) in [7, 11) is 1.57. The molecule has 1 spiro atoms. The third kappa shape index (κ3) is 3.14. The van der Waals surface area contributed by atoms with Gasteiger partial charge in [0, 0.05) is 13.6 Å². The quantitative estimate of drug-likeness (QED) is 0.476. The molecule has 0 saturated carbocycles. The van der Waals surface area contributed by atoms with Crippen molar-refractivity contribution in [1.82, 2.24) is 15.5 Å². The molecule has 8 heteroatoms. The van der Waals surface area contributed by atoms with Crippen LogP contribution < -0.4 is 10.6 Å². The molecule has 170 valence electrons. The molecular weight excluding hydrogens is 386 g/mol. The van der Waals surface area contributed by atoms with Gasteiger partial charge in [0.05, 0.1) is 30.1 Å². The van der Waals surface area contributed by atoms with Gasteiger partial charge in [0.1, 0.15) is 11.6 Å². The molecule has 30 heavy (non-hydrogen) atoms. The van der Waals surface area contributed by atoms with Crippen molar-refractivity contribution in [2.45, 2.75) is 83.1 Å². The number of hydrogen-bond donors (Lipinski definition) is 3. The van der Waals surface area contributed by atoms with Crippen molar-refractivity contribution >= 4 is 17.7 Å². The molecule has 2 unspecified atom stereocenters. The summed E-state index contributed by atoms with van der Waals surface area (Å²) in [5.41, 5.74) is -1.75. The number of amides is 3. The van der Waals surface area contributed by atoms with Gasteiger partial charge < -0.3 is 25.4 Å². The standard InChI is InChI=1S/C22H37N3O5/c1-6-8-11-24-19(28)17-22-10-9-21(7-2,30-22)15(18(27)23-5)16(22)20(29)25(17)14(12-26)13(3)4/h13-17,26H,6-12H2,1-5H3,(H,23,27)(H,24,28)/t14-,15-,16-,17?,21+,22?/m0/s1. The average molecular weight is 424 g/mol. The molecule has 3 aliphatic heterocycles. The van der Waals surface area contributed by atoms with Crippen LogP contribution in [0.4, 0.5) is 0 Å². The highest BCUT2D eigenvalue weighted by Crippen LogP contribution is 2.64. The number of carbonyl (C=O) groups excluding carboxylic acids is 3. The number of nitrogens with zero attached hydrogens (tertiary/aromatic N) is 1. The molecule has 2 bridgehead atoms. The first-order valence-corrected chi connectivity index (χ1v) is 11.4. The fourth-order valence-electron chi connectivity index (χ4n) is 5.97. The molecule has 3 fully saturated rings. The number of likely N-dealkylation sites (tertiary alicyclic amines) is 1. The van der Waals surface area contributed by atoms with Crippen LogP contribution in [0.25, 0.3) is 0 Å². The van der Waals surface area contributed by atoms with Gasteiger partial charge in [-0.1, -0.05) is 34.1 Å². The lowest BCUT2D eigenvalue weighted by Gasteiger charge is -2.38.